The molecule has 0 radical (unpaired) electrons. The van der Waals surface area contributed by atoms with Crippen LogP contribution in [0, 0.1) is 0 Å². The Hall–Kier alpha value is -1.74. The molecule has 136 valence electrons. The third-order valence-electron chi connectivity index (χ3n) is 4.31. The summed E-state index contributed by atoms with van der Waals surface area (Å²) in [6.07, 6.45) is 2.34. The quantitative estimate of drug-likeness (QED) is 0.639. The molecule has 1 aliphatic rings. The average molecular weight is 410 g/mol. The van der Waals surface area contributed by atoms with Gasteiger partial charge in [0.1, 0.15) is 6.04 Å². The van der Waals surface area contributed by atoms with Crippen molar-refractivity contribution < 1.29 is 12.8 Å². The van der Waals surface area contributed by atoms with Crippen LogP contribution in [0.4, 0.5) is 0 Å². The van der Waals surface area contributed by atoms with Gasteiger partial charge >= 0.3 is 0 Å². The lowest BCUT2D eigenvalue weighted by atomic mass is 10.1. The van der Waals surface area contributed by atoms with E-state index in [1.54, 1.807) is 18.2 Å². The molecule has 3 aromatic rings. The van der Waals surface area contributed by atoms with Gasteiger partial charge in [-0.25, -0.2) is 8.42 Å². The van der Waals surface area contributed by atoms with Crippen LogP contribution >= 0.6 is 22.9 Å². The highest BCUT2D eigenvalue weighted by atomic mass is 35.5. The van der Waals surface area contributed by atoms with Crippen LogP contribution in [-0.4, -0.2) is 29.5 Å². The summed E-state index contributed by atoms with van der Waals surface area (Å²) in [6, 6.07) is 9.64. The summed E-state index contributed by atoms with van der Waals surface area (Å²) in [6.45, 7) is 0.413. The molecule has 0 aliphatic carbocycles. The van der Waals surface area contributed by atoms with Crippen molar-refractivity contribution >= 4 is 33.0 Å². The monoisotopic (exact) mass is 409 g/mol. The van der Waals surface area contributed by atoms with Crippen LogP contribution in [0.3, 0.4) is 0 Å². The zero-order chi connectivity index (χ0) is 18.1. The lowest BCUT2D eigenvalue weighted by Gasteiger charge is -2.32. The third-order valence-corrected chi connectivity index (χ3v) is 7.31. The molecule has 1 aliphatic heterocycles. The van der Waals surface area contributed by atoms with E-state index in [-0.39, 0.29) is 4.90 Å². The van der Waals surface area contributed by atoms with Crippen LogP contribution in [0.15, 0.2) is 51.1 Å². The molecule has 1 aromatic carbocycles. The second kappa shape index (κ2) is 7.11. The largest absolute Gasteiger partial charge is 0.418 e. The molecule has 9 heteroatoms. The standard InChI is InChI=1S/C17H16ClN3O3S2/c18-12-5-3-6-13(11-12)26(22,23)21-9-2-1-7-14(21)16-19-20-17(24-16)15-8-4-10-25-15/h3-6,8,10-11,14H,1-2,7,9H2/t14-/m1/s1. The second-order valence-corrected chi connectivity index (χ2v) is 9.28. The molecule has 0 unspecified atom stereocenters. The predicted molar refractivity (Wildman–Crippen MR) is 99.5 cm³/mol. The minimum Gasteiger partial charge on any atom is -0.418 e. The van der Waals surface area contributed by atoms with Crippen LogP contribution in [0.1, 0.15) is 31.2 Å². The molecule has 1 saturated heterocycles. The fourth-order valence-corrected chi connectivity index (χ4v) is 5.67. The molecule has 4 rings (SSSR count). The van der Waals surface area contributed by atoms with Crippen molar-refractivity contribution in [2.75, 3.05) is 6.54 Å². The summed E-state index contributed by atoms with van der Waals surface area (Å²) < 4.78 is 33.5. The van der Waals surface area contributed by atoms with Gasteiger partial charge in [0.05, 0.1) is 9.77 Å². The fraction of sp³-hybridized carbons (Fsp3) is 0.294. The highest BCUT2D eigenvalue weighted by Gasteiger charge is 2.37. The Kier molecular flexibility index (Phi) is 4.83. The molecule has 0 saturated carbocycles. The SMILES string of the molecule is O=S(=O)(c1cccc(Cl)c1)N1CCCC[C@@H]1c1nnc(-c2cccs2)o1. The maximum atomic E-state index is 13.1. The van der Waals surface area contributed by atoms with E-state index in [9.17, 15) is 8.42 Å². The molecule has 2 aromatic heterocycles. The number of aromatic nitrogens is 2. The van der Waals surface area contributed by atoms with Gasteiger partial charge in [-0.15, -0.1) is 21.5 Å². The molecule has 6 nitrogen and oxygen atoms in total. The summed E-state index contributed by atoms with van der Waals surface area (Å²) >= 11 is 7.48. The molecule has 26 heavy (non-hydrogen) atoms. The van der Waals surface area contributed by atoms with E-state index >= 15 is 0 Å². The van der Waals surface area contributed by atoms with Gasteiger partial charge in [0.25, 0.3) is 5.89 Å². The molecule has 0 N–H and O–H groups in total. The number of hydrogen-bond donors (Lipinski definition) is 0. The number of sulfonamides is 1. The molecule has 1 fully saturated rings. The Bertz CT molecular complexity index is 1000. The van der Waals surface area contributed by atoms with Crippen LogP contribution in [0.5, 0.6) is 0 Å². The van der Waals surface area contributed by atoms with E-state index < -0.39 is 16.1 Å². The van der Waals surface area contributed by atoms with Gasteiger partial charge in [0, 0.05) is 11.6 Å². The number of piperidine rings is 1. The van der Waals surface area contributed by atoms with Crippen LogP contribution in [-0.2, 0) is 10.0 Å². The van der Waals surface area contributed by atoms with Gasteiger partial charge in [0.2, 0.25) is 15.9 Å². The highest BCUT2D eigenvalue weighted by Crippen LogP contribution is 2.36. The van der Waals surface area contributed by atoms with E-state index in [0.717, 1.165) is 17.7 Å². The van der Waals surface area contributed by atoms with Gasteiger partial charge in [-0.2, -0.15) is 4.31 Å². The topological polar surface area (TPSA) is 76.3 Å². The fourth-order valence-electron chi connectivity index (χ4n) is 3.07. The van der Waals surface area contributed by atoms with Crippen LogP contribution < -0.4 is 0 Å². The summed E-state index contributed by atoms with van der Waals surface area (Å²) in [5.41, 5.74) is 0. The minimum atomic E-state index is -3.70. The third kappa shape index (κ3) is 3.29. The first-order chi connectivity index (χ1) is 12.6. The van der Waals surface area contributed by atoms with Crippen LogP contribution in [0.25, 0.3) is 10.8 Å². The number of nitrogens with zero attached hydrogens (tertiary/aromatic N) is 3. The molecule has 0 spiro atoms. The summed E-state index contributed by atoms with van der Waals surface area (Å²) in [4.78, 5) is 1.04. The van der Waals surface area contributed by atoms with Gasteiger partial charge in [-0.05, 0) is 42.5 Å². The lowest BCUT2D eigenvalue weighted by molar-refractivity contribution is 0.220. The number of benzene rings is 1. The normalized spacial score (nSPS) is 18.9. The molecule has 1 atom stereocenters. The Morgan fingerprint density at radius 2 is 2.08 bits per heavy atom. The number of halogens is 1. The first-order valence-electron chi connectivity index (χ1n) is 8.20. The zero-order valence-corrected chi connectivity index (χ0v) is 16.1. The summed E-state index contributed by atoms with van der Waals surface area (Å²) in [5.74, 6) is 0.749. The Morgan fingerprint density at radius 1 is 1.19 bits per heavy atom. The van der Waals surface area contributed by atoms with E-state index in [2.05, 4.69) is 10.2 Å². The maximum Gasteiger partial charge on any atom is 0.257 e. The van der Waals surface area contributed by atoms with Crippen molar-refractivity contribution in [1.29, 1.82) is 0 Å². The Balaban J connectivity index is 1.69. The molecular formula is C17H16ClN3O3S2. The molecular weight excluding hydrogens is 394 g/mol. The summed E-state index contributed by atoms with van der Waals surface area (Å²) in [5, 5.41) is 10.5. The smallest absolute Gasteiger partial charge is 0.257 e. The van der Waals surface area contributed by atoms with Crippen molar-refractivity contribution in [3.63, 3.8) is 0 Å². The Morgan fingerprint density at radius 3 is 2.85 bits per heavy atom. The van der Waals surface area contributed by atoms with Crippen molar-refractivity contribution in [2.24, 2.45) is 0 Å². The predicted octanol–water partition coefficient (Wildman–Crippen LogP) is 4.37. The van der Waals surface area contributed by atoms with Gasteiger partial charge in [-0.1, -0.05) is 30.2 Å². The lowest BCUT2D eigenvalue weighted by Crippen LogP contribution is -2.38. The van der Waals surface area contributed by atoms with Gasteiger partial charge in [0.15, 0.2) is 0 Å². The second-order valence-electron chi connectivity index (χ2n) is 6.01. The zero-order valence-electron chi connectivity index (χ0n) is 13.7. The minimum absolute atomic E-state index is 0.176. The van der Waals surface area contributed by atoms with Crippen molar-refractivity contribution in [2.45, 2.75) is 30.2 Å². The summed E-state index contributed by atoms with van der Waals surface area (Å²) in [7, 11) is -3.70. The number of hydrogen-bond acceptors (Lipinski definition) is 6. The van der Waals surface area contributed by atoms with Crippen molar-refractivity contribution in [3.05, 3.63) is 52.7 Å². The van der Waals surface area contributed by atoms with Crippen molar-refractivity contribution in [1.82, 2.24) is 14.5 Å². The first kappa shape index (κ1) is 17.7. The number of thiophene rings is 1. The molecule has 0 amide bonds. The number of rotatable bonds is 4. The van der Waals surface area contributed by atoms with Crippen LogP contribution in [0.2, 0.25) is 5.02 Å². The average Bonchev–Trinajstić information content (AvgIpc) is 3.33. The molecule has 3 heterocycles. The van der Waals surface area contributed by atoms with Gasteiger partial charge in [-0.3, -0.25) is 0 Å². The molecule has 0 bridgehead atoms. The van der Waals surface area contributed by atoms with E-state index in [0.29, 0.717) is 29.8 Å². The van der Waals surface area contributed by atoms with E-state index in [1.165, 1.54) is 21.7 Å². The van der Waals surface area contributed by atoms with Gasteiger partial charge < -0.3 is 4.42 Å². The highest BCUT2D eigenvalue weighted by molar-refractivity contribution is 7.89. The van der Waals surface area contributed by atoms with Crippen molar-refractivity contribution in [3.8, 4) is 10.8 Å². The van der Waals surface area contributed by atoms with E-state index in [4.69, 9.17) is 16.0 Å². The first-order valence-corrected chi connectivity index (χ1v) is 10.9. The Labute approximate surface area is 160 Å². The van der Waals surface area contributed by atoms with E-state index in [1.807, 2.05) is 17.5 Å². The maximum absolute atomic E-state index is 13.1.